The van der Waals surface area contributed by atoms with Crippen LogP contribution < -0.4 is 5.32 Å². The quantitative estimate of drug-likeness (QED) is 0.560. The minimum absolute atomic E-state index is 0.0606. The number of hydrogen-bond donors (Lipinski definition) is 1. The van der Waals surface area contributed by atoms with Crippen molar-refractivity contribution in [1.29, 1.82) is 0 Å². The van der Waals surface area contributed by atoms with Gasteiger partial charge in [0.2, 0.25) is 0 Å². The summed E-state index contributed by atoms with van der Waals surface area (Å²) in [6.07, 6.45) is -0.347. The fourth-order valence-corrected chi connectivity index (χ4v) is 4.52. The second kappa shape index (κ2) is 6.27. The Morgan fingerprint density at radius 3 is 2.64 bits per heavy atom. The van der Waals surface area contributed by atoms with Crippen LogP contribution in [0.1, 0.15) is 34.1 Å². The van der Waals surface area contributed by atoms with E-state index in [1.807, 2.05) is 20.8 Å². The maximum atomic E-state index is 12.7. The van der Waals surface area contributed by atoms with Gasteiger partial charge in [-0.05, 0) is 41.2 Å². The summed E-state index contributed by atoms with van der Waals surface area (Å²) >= 11 is 0. The number of hydrogen-bond acceptors (Lipinski definition) is 7. The van der Waals surface area contributed by atoms with Gasteiger partial charge in [-0.2, -0.15) is 0 Å². The van der Waals surface area contributed by atoms with Crippen LogP contribution in [0.25, 0.3) is 0 Å². The van der Waals surface area contributed by atoms with Crippen molar-refractivity contribution in [3.05, 3.63) is 0 Å². The van der Waals surface area contributed by atoms with E-state index in [4.69, 9.17) is 14.2 Å². The predicted molar refractivity (Wildman–Crippen MR) is 87.3 cm³/mol. The number of carbonyl (C=O) groups is 3. The van der Waals surface area contributed by atoms with E-state index in [-0.39, 0.29) is 42.4 Å². The van der Waals surface area contributed by atoms with E-state index in [9.17, 15) is 14.4 Å². The molecule has 0 spiro atoms. The molecular formula is C18H27NO6. The maximum absolute atomic E-state index is 12.7. The Morgan fingerprint density at radius 2 is 2.04 bits per heavy atom. The van der Waals surface area contributed by atoms with Gasteiger partial charge in [0.1, 0.15) is 12.2 Å². The van der Waals surface area contributed by atoms with Gasteiger partial charge >= 0.3 is 17.9 Å². The molecule has 0 aromatic carbocycles. The third kappa shape index (κ3) is 2.63. The monoisotopic (exact) mass is 353 g/mol. The molecule has 0 aromatic heterocycles. The van der Waals surface area contributed by atoms with Crippen LogP contribution in [0, 0.1) is 29.1 Å². The van der Waals surface area contributed by atoms with Crippen LogP contribution in [0.15, 0.2) is 0 Å². The zero-order valence-electron chi connectivity index (χ0n) is 15.4. The highest BCUT2D eigenvalue weighted by Gasteiger charge is 2.70. The van der Waals surface area contributed by atoms with Gasteiger partial charge in [-0.15, -0.1) is 0 Å². The van der Waals surface area contributed by atoms with Crippen molar-refractivity contribution in [2.75, 3.05) is 13.7 Å². The minimum atomic E-state index is -0.738. The number of fused-ring (bicyclic) bond motifs is 1. The summed E-state index contributed by atoms with van der Waals surface area (Å²) in [6, 6.07) is -0.0849. The Balaban J connectivity index is 1.80. The van der Waals surface area contributed by atoms with E-state index in [2.05, 4.69) is 5.32 Å². The summed E-state index contributed by atoms with van der Waals surface area (Å²) in [5.41, 5.74) is -0.738. The summed E-state index contributed by atoms with van der Waals surface area (Å²) in [5, 5.41) is 3.07. The minimum Gasteiger partial charge on any atom is -0.466 e. The standard InChI is InChI=1S/C18H27NO6/c1-6-23-15(20)11-9-7-10-12(11)16(21)24-13(10)14(9)25-17(22)18(3,4)8(2)19-5/h8-14,19H,6-7H2,1-5H3. The second-order valence-corrected chi connectivity index (χ2v) is 7.87. The van der Waals surface area contributed by atoms with Gasteiger partial charge in [-0.3, -0.25) is 14.4 Å². The Labute approximate surface area is 147 Å². The molecule has 7 unspecified atom stereocenters. The highest BCUT2D eigenvalue weighted by Crippen LogP contribution is 2.59. The smallest absolute Gasteiger partial charge is 0.313 e. The van der Waals surface area contributed by atoms with E-state index in [1.165, 1.54) is 0 Å². The number of nitrogens with one attached hydrogen (secondary N) is 1. The normalized spacial score (nSPS) is 36.9. The van der Waals surface area contributed by atoms with E-state index in [0.29, 0.717) is 6.42 Å². The van der Waals surface area contributed by atoms with Gasteiger partial charge in [0.05, 0.1) is 23.9 Å². The topological polar surface area (TPSA) is 90.9 Å². The molecule has 3 fully saturated rings. The van der Waals surface area contributed by atoms with Crippen LogP contribution in [0.4, 0.5) is 0 Å². The molecule has 0 aromatic rings. The molecule has 3 aliphatic rings. The van der Waals surface area contributed by atoms with Gasteiger partial charge in [-0.1, -0.05) is 0 Å². The molecule has 1 aliphatic heterocycles. The summed E-state index contributed by atoms with van der Waals surface area (Å²) in [4.78, 5) is 37.3. The molecule has 7 nitrogen and oxygen atoms in total. The second-order valence-electron chi connectivity index (χ2n) is 7.87. The average molecular weight is 353 g/mol. The first-order chi connectivity index (χ1) is 11.7. The SMILES string of the molecule is CCOC(=O)C1C2CC3C(OC(=O)C31)C2OC(=O)C(C)(C)C(C)NC. The summed E-state index contributed by atoms with van der Waals surface area (Å²) < 4.78 is 16.4. The number of rotatable bonds is 6. The summed E-state index contributed by atoms with van der Waals surface area (Å²) in [6.45, 7) is 7.54. The van der Waals surface area contributed by atoms with Gasteiger partial charge in [0.15, 0.2) is 0 Å². The summed E-state index contributed by atoms with van der Waals surface area (Å²) in [5.74, 6) is -2.40. The molecule has 0 amide bonds. The molecule has 1 saturated heterocycles. The van der Waals surface area contributed by atoms with Crippen molar-refractivity contribution < 1.29 is 28.6 Å². The van der Waals surface area contributed by atoms with Crippen molar-refractivity contribution in [3.8, 4) is 0 Å². The molecule has 2 bridgehead atoms. The average Bonchev–Trinajstić information content (AvgIpc) is 3.17. The van der Waals surface area contributed by atoms with Gasteiger partial charge in [0, 0.05) is 17.9 Å². The van der Waals surface area contributed by atoms with Gasteiger partial charge in [0.25, 0.3) is 0 Å². The van der Waals surface area contributed by atoms with E-state index in [1.54, 1.807) is 14.0 Å². The van der Waals surface area contributed by atoms with Crippen molar-refractivity contribution >= 4 is 17.9 Å². The van der Waals surface area contributed by atoms with Gasteiger partial charge in [-0.25, -0.2) is 0 Å². The lowest BCUT2D eigenvalue weighted by Crippen LogP contribution is -2.49. The molecule has 140 valence electrons. The molecule has 2 saturated carbocycles. The molecule has 7 heteroatoms. The van der Waals surface area contributed by atoms with Crippen LogP contribution in [0.3, 0.4) is 0 Å². The van der Waals surface area contributed by atoms with Crippen molar-refractivity contribution in [1.82, 2.24) is 5.32 Å². The lowest BCUT2D eigenvalue weighted by Gasteiger charge is -2.35. The highest BCUT2D eigenvalue weighted by atomic mass is 16.6. The number of ether oxygens (including phenoxy) is 3. The van der Waals surface area contributed by atoms with E-state index in [0.717, 1.165) is 0 Å². The lowest BCUT2D eigenvalue weighted by atomic mass is 9.78. The molecule has 2 aliphatic carbocycles. The molecule has 3 rings (SSSR count). The fraction of sp³-hybridized carbons (Fsp3) is 0.833. The van der Waals surface area contributed by atoms with Crippen LogP contribution in [-0.4, -0.2) is 49.8 Å². The summed E-state index contributed by atoms with van der Waals surface area (Å²) in [7, 11) is 1.79. The van der Waals surface area contributed by atoms with Crippen molar-refractivity contribution in [2.24, 2.45) is 29.1 Å². The first-order valence-corrected chi connectivity index (χ1v) is 8.99. The molecule has 7 atom stereocenters. The zero-order valence-corrected chi connectivity index (χ0v) is 15.4. The molecular weight excluding hydrogens is 326 g/mol. The van der Waals surface area contributed by atoms with Crippen LogP contribution in [-0.2, 0) is 28.6 Å². The first kappa shape index (κ1) is 18.2. The molecule has 0 radical (unpaired) electrons. The van der Waals surface area contributed by atoms with Crippen molar-refractivity contribution in [3.63, 3.8) is 0 Å². The molecule has 1 heterocycles. The Bertz CT molecular complexity index is 588. The number of esters is 3. The zero-order chi connectivity index (χ0) is 18.5. The van der Waals surface area contributed by atoms with Crippen LogP contribution in [0.2, 0.25) is 0 Å². The Hall–Kier alpha value is -1.63. The third-order valence-electron chi connectivity index (χ3n) is 6.39. The third-order valence-corrected chi connectivity index (χ3v) is 6.39. The first-order valence-electron chi connectivity index (χ1n) is 8.99. The van der Waals surface area contributed by atoms with Crippen LogP contribution in [0.5, 0.6) is 0 Å². The van der Waals surface area contributed by atoms with Crippen LogP contribution >= 0.6 is 0 Å². The predicted octanol–water partition coefficient (Wildman–Crippen LogP) is 0.903. The highest BCUT2D eigenvalue weighted by molar-refractivity contribution is 5.86. The fourth-order valence-electron chi connectivity index (χ4n) is 4.52. The molecule has 1 N–H and O–H groups in total. The maximum Gasteiger partial charge on any atom is 0.313 e. The van der Waals surface area contributed by atoms with Gasteiger partial charge < -0.3 is 19.5 Å². The molecule has 25 heavy (non-hydrogen) atoms. The Morgan fingerprint density at radius 1 is 1.36 bits per heavy atom. The lowest BCUT2D eigenvalue weighted by molar-refractivity contribution is -0.174. The van der Waals surface area contributed by atoms with E-state index >= 15 is 0 Å². The largest absolute Gasteiger partial charge is 0.466 e. The van der Waals surface area contributed by atoms with E-state index < -0.39 is 29.5 Å². The van der Waals surface area contributed by atoms with Crippen molar-refractivity contribution in [2.45, 2.75) is 52.4 Å². The number of carbonyl (C=O) groups excluding carboxylic acids is 3. The Kier molecular flexibility index (Phi) is 4.56.